The molecule has 0 aromatic carbocycles. The maximum absolute atomic E-state index is 2.86. The van der Waals surface area contributed by atoms with Crippen molar-refractivity contribution in [2.45, 2.75) is 71.5 Å². The minimum Gasteiger partial charge on any atom is -0.300 e. The number of hydrogen-bond donors (Lipinski definition) is 0. The Morgan fingerprint density at radius 3 is 2.24 bits per heavy atom. The predicted molar refractivity (Wildman–Crippen MR) is 89.7 cm³/mol. The molecule has 1 unspecified atom stereocenters. The van der Waals surface area contributed by atoms with Crippen molar-refractivity contribution in [2.75, 3.05) is 39.3 Å². The molecule has 0 amide bonds. The van der Waals surface area contributed by atoms with Crippen LogP contribution in [0.15, 0.2) is 0 Å². The van der Waals surface area contributed by atoms with Crippen LogP contribution in [0, 0.1) is 5.41 Å². The second-order valence-corrected chi connectivity index (χ2v) is 8.46. The van der Waals surface area contributed by atoms with E-state index in [0.29, 0.717) is 11.5 Å². The fourth-order valence-electron chi connectivity index (χ4n) is 4.75. The first-order valence-corrected chi connectivity index (χ1v) is 9.21. The average molecular weight is 293 g/mol. The van der Waals surface area contributed by atoms with Gasteiger partial charge < -0.3 is 0 Å². The summed E-state index contributed by atoms with van der Waals surface area (Å²) in [5.41, 5.74) is 0.641. The van der Waals surface area contributed by atoms with Crippen molar-refractivity contribution in [1.82, 2.24) is 14.7 Å². The van der Waals surface area contributed by atoms with E-state index < -0.39 is 0 Å². The van der Waals surface area contributed by atoms with Crippen LogP contribution in [0.4, 0.5) is 0 Å². The van der Waals surface area contributed by atoms with Crippen molar-refractivity contribution in [3.8, 4) is 0 Å². The van der Waals surface area contributed by atoms with Crippen molar-refractivity contribution in [3.05, 3.63) is 0 Å². The standard InChI is InChI=1S/C18H35N3/c1-15(2)19-9-5-7-17(11-19)20-10-6-8-18(12-20)13-21(14-18)16(3)4/h15-17H,5-14H2,1-4H3. The number of likely N-dealkylation sites (tertiary alicyclic amines) is 3. The summed E-state index contributed by atoms with van der Waals surface area (Å²) in [7, 11) is 0. The van der Waals surface area contributed by atoms with Gasteiger partial charge in [-0.3, -0.25) is 14.7 Å². The minimum absolute atomic E-state index is 0.641. The highest BCUT2D eigenvalue weighted by atomic mass is 15.3. The summed E-state index contributed by atoms with van der Waals surface area (Å²) in [4.78, 5) is 8.21. The van der Waals surface area contributed by atoms with Crippen molar-refractivity contribution < 1.29 is 0 Å². The Hall–Kier alpha value is -0.120. The third-order valence-electron chi connectivity index (χ3n) is 6.17. The molecule has 3 aliphatic rings. The SMILES string of the molecule is CC(C)N1CCCC(N2CCCC3(CN(C(C)C)C3)C2)C1. The Labute approximate surface area is 131 Å². The maximum atomic E-state index is 2.86. The molecule has 3 aliphatic heterocycles. The molecular formula is C18H35N3. The Balaban J connectivity index is 1.57. The molecule has 0 saturated carbocycles. The molecule has 1 spiro atoms. The zero-order chi connectivity index (χ0) is 15.0. The first-order valence-electron chi connectivity index (χ1n) is 9.21. The molecule has 3 fully saturated rings. The van der Waals surface area contributed by atoms with Gasteiger partial charge in [0, 0.05) is 49.7 Å². The van der Waals surface area contributed by atoms with Crippen molar-refractivity contribution in [3.63, 3.8) is 0 Å². The first-order chi connectivity index (χ1) is 9.99. The zero-order valence-corrected chi connectivity index (χ0v) is 14.6. The lowest BCUT2D eigenvalue weighted by Crippen LogP contribution is -2.66. The lowest BCUT2D eigenvalue weighted by Gasteiger charge is -2.58. The fourth-order valence-corrected chi connectivity index (χ4v) is 4.75. The van der Waals surface area contributed by atoms with Gasteiger partial charge in [0.1, 0.15) is 0 Å². The molecule has 0 aromatic rings. The molecule has 3 heterocycles. The third-order valence-corrected chi connectivity index (χ3v) is 6.17. The monoisotopic (exact) mass is 293 g/mol. The summed E-state index contributed by atoms with van der Waals surface area (Å²) >= 11 is 0. The van der Waals surface area contributed by atoms with E-state index in [4.69, 9.17) is 0 Å². The lowest BCUT2D eigenvalue weighted by molar-refractivity contribution is -0.0843. The molecule has 1 atom stereocenters. The highest BCUT2D eigenvalue weighted by Crippen LogP contribution is 2.41. The quantitative estimate of drug-likeness (QED) is 0.792. The van der Waals surface area contributed by atoms with Gasteiger partial charge >= 0.3 is 0 Å². The van der Waals surface area contributed by atoms with E-state index >= 15 is 0 Å². The second kappa shape index (κ2) is 6.17. The molecule has 0 radical (unpaired) electrons. The van der Waals surface area contributed by atoms with E-state index in [0.717, 1.165) is 12.1 Å². The van der Waals surface area contributed by atoms with Crippen molar-refractivity contribution in [2.24, 2.45) is 5.41 Å². The van der Waals surface area contributed by atoms with Crippen LogP contribution in [-0.4, -0.2) is 72.1 Å². The topological polar surface area (TPSA) is 9.72 Å². The third kappa shape index (κ3) is 3.30. The summed E-state index contributed by atoms with van der Waals surface area (Å²) < 4.78 is 0. The first kappa shape index (κ1) is 15.8. The van der Waals surface area contributed by atoms with Gasteiger partial charge in [0.15, 0.2) is 0 Å². The van der Waals surface area contributed by atoms with Gasteiger partial charge in [-0.05, 0) is 66.5 Å². The number of hydrogen-bond acceptors (Lipinski definition) is 3. The highest BCUT2D eigenvalue weighted by molar-refractivity contribution is 5.01. The second-order valence-electron chi connectivity index (χ2n) is 8.46. The number of rotatable bonds is 3. The van der Waals surface area contributed by atoms with E-state index in [-0.39, 0.29) is 0 Å². The van der Waals surface area contributed by atoms with Crippen molar-refractivity contribution in [1.29, 1.82) is 0 Å². The van der Waals surface area contributed by atoms with Crippen LogP contribution >= 0.6 is 0 Å². The molecular weight excluding hydrogens is 258 g/mol. The van der Waals surface area contributed by atoms with Gasteiger partial charge in [-0.1, -0.05) is 0 Å². The number of piperidine rings is 2. The van der Waals surface area contributed by atoms with Crippen LogP contribution in [0.3, 0.4) is 0 Å². The molecule has 0 bridgehead atoms. The molecule has 21 heavy (non-hydrogen) atoms. The summed E-state index contributed by atoms with van der Waals surface area (Å²) in [5.74, 6) is 0. The van der Waals surface area contributed by atoms with Gasteiger partial charge in [0.05, 0.1) is 0 Å². The Morgan fingerprint density at radius 1 is 0.857 bits per heavy atom. The van der Waals surface area contributed by atoms with E-state index in [1.165, 1.54) is 65.0 Å². The van der Waals surface area contributed by atoms with Crippen LogP contribution in [0.25, 0.3) is 0 Å². The Morgan fingerprint density at radius 2 is 1.57 bits per heavy atom. The molecule has 122 valence electrons. The molecule has 0 aliphatic carbocycles. The fraction of sp³-hybridized carbons (Fsp3) is 1.00. The Kier molecular flexibility index (Phi) is 4.63. The summed E-state index contributed by atoms with van der Waals surface area (Å²) in [5, 5.41) is 0. The smallest absolute Gasteiger partial charge is 0.0224 e. The van der Waals surface area contributed by atoms with E-state index in [1.807, 2.05) is 0 Å². The van der Waals surface area contributed by atoms with Crippen LogP contribution in [0.5, 0.6) is 0 Å². The van der Waals surface area contributed by atoms with Crippen LogP contribution in [-0.2, 0) is 0 Å². The summed E-state index contributed by atoms with van der Waals surface area (Å²) in [6, 6.07) is 2.27. The van der Waals surface area contributed by atoms with E-state index in [2.05, 4.69) is 42.4 Å². The molecule has 3 rings (SSSR count). The highest BCUT2D eigenvalue weighted by Gasteiger charge is 2.47. The summed E-state index contributed by atoms with van der Waals surface area (Å²) in [6.07, 6.45) is 5.70. The molecule has 3 saturated heterocycles. The molecule has 3 nitrogen and oxygen atoms in total. The predicted octanol–water partition coefficient (Wildman–Crippen LogP) is 2.67. The largest absolute Gasteiger partial charge is 0.300 e. The minimum atomic E-state index is 0.641. The normalized spacial score (nSPS) is 32.0. The van der Waals surface area contributed by atoms with E-state index in [1.54, 1.807) is 0 Å². The van der Waals surface area contributed by atoms with Crippen LogP contribution in [0.1, 0.15) is 53.4 Å². The van der Waals surface area contributed by atoms with Crippen molar-refractivity contribution >= 4 is 0 Å². The molecule has 0 N–H and O–H groups in total. The Bertz CT molecular complexity index is 346. The summed E-state index contributed by atoms with van der Waals surface area (Å²) in [6.45, 7) is 17.4. The van der Waals surface area contributed by atoms with Gasteiger partial charge in [0.2, 0.25) is 0 Å². The maximum Gasteiger partial charge on any atom is 0.0224 e. The van der Waals surface area contributed by atoms with Gasteiger partial charge in [-0.15, -0.1) is 0 Å². The van der Waals surface area contributed by atoms with Gasteiger partial charge in [-0.2, -0.15) is 0 Å². The van der Waals surface area contributed by atoms with E-state index in [9.17, 15) is 0 Å². The van der Waals surface area contributed by atoms with Gasteiger partial charge in [0.25, 0.3) is 0 Å². The number of nitrogens with zero attached hydrogens (tertiary/aromatic N) is 3. The van der Waals surface area contributed by atoms with Crippen LogP contribution in [0.2, 0.25) is 0 Å². The average Bonchev–Trinajstić information content (AvgIpc) is 2.44. The molecule has 0 aromatic heterocycles. The van der Waals surface area contributed by atoms with Crippen LogP contribution < -0.4 is 0 Å². The molecule has 3 heteroatoms. The van der Waals surface area contributed by atoms with Gasteiger partial charge in [-0.25, -0.2) is 0 Å². The zero-order valence-electron chi connectivity index (χ0n) is 14.6. The lowest BCUT2D eigenvalue weighted by atomic mass is 9.72.